The molecule has 1 fully saturated rings. The maximum Gasteiger partial charge on any atom is 0.391 e. The first-order valence-electron chi connectivity index (χ1n) is 6.08. The summed E-state index contributed by atoms with van der Waals surface area (Å²) in [7, 11) is -0.795. The monoisotopic (exact) mass is 271 g/mol. The SMILES string of the molecule is CCS(=O)CCNC1CCC(C(F)(F)F)CC1. The Hall–Kier alpha value is -0.100. The first-order valence-corrected chi connectivity index (χ1v) is 7.57. The molecule has 102 valence electrons. The Balaban J connectivity index is 2.17. The Labute approximate surface area is 103 Å². The topological polar surface area (TPSA) is 29.1 Å². The van der Waals surface area contributed by atoms with E-state index in [1.165, 1.54) is 0 Å². The van der Waals surface area contributed by atoms with Crippen molar-refractivity contribution < 1.29 is 17.4 Å². The lowest BCUT2D eigenvalue weighted by Crippen LogP contribution is -2.38. The van der Waals surface area contributed by atoms with Crippen molar-refractivity contribution in [3.8, 4) is 0 Å². The van der Waals surface area contributed by atoms with E-state index in [1.807, 2.05) is 6.92 Å². The number of hydrogen-bond acceptors (Lipinski definition) is 2. The van der Waals surface area contributed by atoms with Crippen LogP contribution in [0.15, 0.2) is 0 Å². The molecular weight excluding hydrogens is 251 g/mol. The fourth-order valence-electron chi connectivity index (χ4n) is 2.15. The fourth-order valence-corrected chi connectivity index (χ4v) is 2.78. The molecule has 0 radical (unpaired) electrons. The average molecular weight is 271 g/mol. The van der Waals surface area contributed by atoms with Crippen LogP contribution in [0, 0.1) is 5.92 Å². The van der Waals surface area contributed by atoms with Gasteiger partial charge in [0.15, 0.2) is 0 Å². The van der Waals surface area contributed by atoms with Crippen molar-refractivity contribution in [3.63, 3.8) is 0 Å². The second-order valence-electron chi connectivity index (χ2n) is 4.48. The van der Waals surface area contributed by atoms with Gasteiger partial charge in [-0.3, -0.25) is 4.21 Å². The van der Waals surface area contributed by atoms with Crippen molar-refractivity contribution in [2.75, 3.05) is 18.1 Å². The highest BCUT2D eigenvalue weighted by Gasteiger charge is 2.41. The molecule has 1 aliphatic carbocycles. The predicted octanol–water partition coefficient (Wildman–Crippen LogP) is 2.47. The van der Waals surface area contributed by atoms with Crippen LogP contribution in [0.4, 0.5) is 13.2 Å². The van der Waals surface area contributed by atoms with Crippen LogP contribution in [-0.4, -0.2) is 34.5 Å². The van der Waals surface area contributed by atoms with E-state index in [0.717, 1.165) is 0 Å². The molecule has 1 atom stereocenters. The first kappa shape index (κ1) is 15.0. The number of nitrogens with one attached hydrogen (secondary N) is 1. The summed E-state index contributed by atoms with van der Waals surface area (Å²) < 4.78 is 48.4. The van der Waals surface area contributed by atoms with Crippen LogP contribution < -0.4 is 5.32 Å². The summed E-state index contributed by atoms with van der Waals surface area (Å²) in [5.74, 6) is 0.114. The Kier molecular flexibility index (Phi) is 5.92. The Morgan fingerprint density at radius 1 is 1.24 bits per heavy atom. The zero-order chi connectivity index (χ0) is 12.9. The number of halogens is 3. The van der Waals surface area contributed by atoms with E-state index in [1.54, 1.807) is 0 Å². The molecule has 0 amide bonds. The summed E-state index contributed by atoms with van der Waals surface area (Å²) in [6.45, 7) is 2.51. The summed E-state index contributed by atoms with van der Waals surface area (Å²) in [5.41, 5.74) is 0. The molecule has 1 saturated carbocycles. The molecule has 0 heterocycles. The molecule has 0 saturated heterocycles. The lowest BCUT2D eigenvalue weighted by molar-refractivity contribution is -0.182. The zero-order valence-electron chi connectivity index (χ0n) is 10.1. The lowest BCUT2D eigenvalue weighted by atomic mass is 9.85. The van der Waals surface area contributed by atoms with Gasteiger partial charge in [0.25, 0.3) is 0 Å². The van der Waals surface area contributed by atoms with Crippen molar-refractivity contribution in [1.82, 2.24) is 5.32 Å². The largest absolute Gasteiger partial charge is 0.391 e. The standard InChI is InChI=1S/C11H20F3NOS/c1-2-17(16)8-7-15-10-5-3-9(4-6-10)11(12,13)14/h9-10,15H,2-8H2,1H3. The molecule has 1 N–H and O–H groups in total. The molecule has 0 aromatic rings. The van der Waals surface area contributed by atoms with Gasteiger partial charge in [0.1, 0.15) is 0 Å². The van der Waals surface area contributed by atoms with Gasteiger partial charge in [0.2, 0.25) is 0 Å². The number of rotatable bonds is 5. The van der Waals surface area contributed by atoms with Gasteiger partial charge in [0, 0.05) is 34.9 Å². The van der Waals surface area contributed by atoms with Crippen LogP contribution >= 0.6 is 0 Å². The van der Waals surface area contributed by atoms with Crippen molar-refractivity contribution in [1.29, 1.82) is 0 Å². The Bertz CT molecular complexity index is 250. The van der Waals surface area contributed by atoms with Crippen LogP contribution in [0.1, 0.15) is 32.6 Å². The molecule has 1 rings (SSSR count). The summed E-state index contributed by atoms with van der Waals surface area (Å²) in [6, 6.07) is 0.169. The van der Waals surface area contributed by atoms with Gasteiger partial charge in [-0.15, -0.1) is 0 Å². The highest BCUT2D eigenvalue weighted by Crippen LogP contribution is 2.37. The van der Waals surface area contributed by atoms with Crippen LogP contribution in [0.3, 0.4) is 0 Å². The van der Waals surface area contributed by atoms with E-state index in [2.05, 4.69) is 5.32 Å². The molecule has 0 aromatic heterocycles. The van der Waals surface area contributed by atoms with Crippen LogP contribution in [0.2, 0.25) is 0 Å². The zero-order valence-corrected chi connectivity index (χ0v) is 10.9. The number of hydrogen-bond donors (Lipinski definition) is 1. The van der Waals surface area contributed by atoms with Crippen molar-refractivity contribution in [2.45, 2.75) is 44.8 Å². The molecular formula is C11H20F3NOS. The highest BCUT2D eigenvalue weighted by atomic mass is 32.2. The van der Waals surface area contributed by atoms with Crippen LogP contribution in [0.25, 0.3) is 0 Å². The Morgan fingerprint density at radius 3 is 2.29 bits per heavy atom. The second-order valence-corrected chi connectivity index (χ2v) is 6.34. The quantitative estimate of drug-likeness (QED) is 0.832. The van der Waals surface area contributed by atoms with Crippen molar-refractivity contribution >= 4 is 10.8 Å². The lowest BCUT2D eigenvalue weighted by Gasteiger charge is -2.30. The molecule has 2 nitrogen and oxygen atoms in total. The molecule has 0 spiro atoms. The Morgan fingerprint density at radius 2 is 1.82 bits per heavy atom. The van der Waals surface area contributed by atoms with Crippen LogP contribution in [0.5, 0.6) is 0 Å². The second kappa shape index (κ2) is 6.73. The number of alkyl halides is 3. The third-order valence-corrected chi connectivity index (χ3v) is 4.58. The van der Waals surface area contributed by atoms with Crippen molar-refractivity contribution in [2.24, 2.45) is 5.92 Å². The molecule has 0 bridgehead atoms. The minimum Gasteiger partial charge on any atom is -0.313 e. The highest BCUT2D eigenvalue weighted by molar-refractivity contribution is 7.84. The van der Waals surface area contributed by atoms with Gasteiger partial charge in [-0.1, -0.05) is 6.92 Å². The van der Waals surface area contributed by atoms with Gasteiger partial charge >= 0.3 is 6.18 Å². The van der Waals surface area contributed by atoms with Gasteiger partial charge in [-0.2, -0.15) is 13.2 Å². The van der Waals surface area contributed by atoms with Gasteiger partial charge < -0.3 is 5.32 Å². The normalized spacial score (nSPS) is 28.0. The molecule has 0 aromatic carbocycles. The molecule has 1 unspecified atom stereocenters. The van der Waals surface area contributed by atoms with E-state index >= 15 is 0 Å². The fraction of sp³-hybridized carbons (Fsp3) is 1.00. The van der Waals surface area contributed by atoms with E-state index < -0.39 is 22.9 Å². The van der Waals surface area contributed by atoms with Gasteiger partial charge in [-0.25, -0.2) is 0 Å². The summed E-state index contributed by atoms with van der Waals surface area (Å²) in [5, 5.41) is 3.20. The van der Waals surface area contributed by atoms with E-state index in [4.69, 9.17) is 0 Å². The molecule has 0 aliphatic heterocycles. The summed E-state index contributed by atoms with van der Waals surface area (Å²) in [6.07, 6.45) is -2.45. The smallest absolute Gasteiger partial charge is 0.313 e. The maximum atomic E-state index is 12.4. The van der Waals surface area contributed by atoms with E-state index in [-0.39, 0.29) is 18.9 Å². The molecule has 17 heavy (non-hydrogen) atoms. The van der Waals surface area contributed by atoms with Crippen LogP contribution in [-0.2, 0) is 10.8 Å². The average Bonchev–Trinajstić information content (AvgIpc) is 2.28. The minimum atomic E-state index is -4.03. The van der Waals surface area contributed by atoms with Gasteiger partial charge in [-0.05, 0) is 25.7 Å². The minimum absolute atomic E-state index is 0.169. The summed E-state index contributed by atoms with van der Waals surface area (Å²) >= 11 is 0. The van der Waals surface area contributed by atoms with E-state index in [9.17, 15) is 17.4 Å². The van der Waals surface area contributed by atoms with Crippen molar-refractivity contribution in [3.05, 3.63) is 0 Å². The molecule has 1 aliphatic rings. The van der Waals surface area contributed by atoms with E-state index in [0.29, 0.717) is 30.9 Å². The third kappa shape index (κ3) is 5.38. The predicted molar refractivity (Wildman–Crippen MR) is 63.4 cm³/mol. The molecule has 6 heteroatoms. The first-order chi connectivity index (χ1) is 7.93. The van der Waals surface area contributed by atoms with Gasteiger partial charge in [0.05, 0.1) is 5.92 Å². The maximum absolute atomic E-state index is 12.4. The summed E-state index contributed by atoms with van der Waals surface area (Å²) in [4.78, 5) is 0. The third-order valence-electron chi connectivity index (χ3n) is 3.27.